The fourth-order valence-corrected chi connectivity index (χ4v) is 1.21. The van der Waals surface area contributed by atoms with E-state index in [1.165, 1.54) is 18.3 Å². The Bertz CT molecular complexity index is 420. The Labute approximate surface area is 80.0 Å². The van der Waals surface area contributed by atoms with Gasteiger partial charge in [0.15, 0.2) is 0 Å². The third-order valence-corrected chi connectivity index (χ3v) is 1.81. The first-order valence-electron chi connectivity index (χ1n) is 4.04. The minimum atomic E-state index is -0.590. The highest BCUT2D eigenvalue weighted by atomic mass is 19.1. The minimum absolute atomic E-state index is 0.476. The molecular weight excluding hydrogens is 184 g/mol. The van der Waals surface area contributed by atoms with Gasteiger partial charge in [-0.3, -0.25) is 4.98 Å². The van der Waals surface area contributed by atoms with E-state index in [1.807, 2.05) is 0 Å². The summed E-state index contributed by atoms with van der Waals surface area (Å²) < 4.78 is 25.7. The van der Waals surface area contributed by atoms with Crippen LogP contribution in [0.5, 0.6) is 0 Å². The second-order valence-corrected chi connectivity index (χ2v) is 2.83. The van der Waals surface area contributed by atoms with E-state index in [4.69, 9.17) is 0 Å². The molecule has 0 saturated heterocycles. The summed E-state index contributed by atoms with van der Waals surface area (Å²) in [5, 5.41) is 0. The van der Waals surface area contributed by atoms with E-state index in [0.717, 1.165) is 6.07 Å². The standard InChI is InChI=1S/C11H6F2N/c12-10-4-9(5-11(13)6-10)8-2-1-3-14-7-8/h1-2,4-7H. The molecule has 14 heavy (non-hydrogen) atoms. The van der Waals surface area contributed by atoms with E-state index in [0.29, 0.717) is 11.1 Å². The van der Waals surface area contributed by atoms with Crippen molar-refractivity contribution < 1.29 is 8.78 Å². The third-order valence-electron chi connectivity index (χ3n) is 1.81. The monoisotopic (exact) mass is 190 g/mol. The summed E-state index contributed by atoms with van der Waals surface area (Å²) in [6.45, 7) is 0. The molecule has 0 fully saturated rings. The van der Waals surface area contributed by atoms with Gasteiger partial charge in [0, 0.05) is 17.8 Å². The second kappa shape index (κ2) is 3.54. The average Bonchev–Trinajstić information content (AvgIpc) is 2.18. The van der Waals surface area contributed by atoms with Crippen molar-refractivity contribution in [2.75, 3.05) is 0 Å². The molecule has 0 aliphatic heterocycles. The van der Waals surface area contributed by atoms with Gasteiger partial charge >= 0.3 is 0 Å². The number of pyridine rings is 1. The van der Waals surface area contributed by atoms with E-state index in [1.54, 1.807) is 12.1 Å². The molecule has 0 atom stereocenters. The lowest BCUT2D eigenvalue weighted by molar-refractivity contribution is 0.584. The van der Waals surface area contributed by atoms with E-state index in [-0.39, 0.29) is 0 Å². The number of nitrogens with zero attached hydrogens (tertiary/aromatic N) is 1. The maximum absolute atomic E-state index is 12.8. The van der Waals surface area contributed by atoms with Gasteiger partial charge in [-0.15, -0.1) is 0 Å². The van der Waals surface area contributed by atoms with Gasteiger partial charge < -0.3 is 0 Å². The lowest BCUT2D eigenvalue weighted by Crippen LogP contribution is -1.84. The molecule has 0 saturated carbocycles. The number of aromatic nitrogens is 1. The fourth-order valence-electron chi connectivity index (χ4n) is 1.21. The van der Waals surface area contributed by atoms with E-state index >= 15 is 0 Å². The van der Waals surface area contributed by atoms with Crippen LogP contribution in [0.25, 0.3) is 11.1 Å². The summed E-state index contributed by atoms with van der Waals surface area (Å²) in [6.07, 6.45) is 4.10. The van der Waals surface area contributed by atoms with E-state index in [9.17, 15) is 8.78 Å². The van der Waals surface area contributed by atoms with Gasteiger partial charge in [-0.1, -0.05) is 6.07 Å². The Morgan fingerprint density at radius 3 is 2.29 bits per heavy atom. The Morgan fingerprint density at radius 1 is 1.00 bits per heavy atom. The van der Waals surface area contributed by atoms with Crippen molar-refractivity contribution in [2.24, 2.45) is 0 Å². The first kappa shape index (κ1) is 8.81. The number of halogens is 2. The van der Waals surface area contributed by atoms with Gasteiger partial charge in [0.05, 0.1) is 6.20 Å². The van der Waals surface area contributed by atoms with Crippen LogP contribution in [0.2, 0.25) is 0 Å². The van der Waals surface area contributed by atoms with Crippen molar-refractivity contribution in [1.82, 2.24) is 4.98 Å². The maximum atomic E-state index is 12.8. The molecule has 1 aromatic carbocycles. The Kier molecular flexibility index (Phi) is 2.23. The summed E-state index contributed by atoms with van der Waals surface area (Å²) in [5.74, 6) is -1.18. The Morgan fingerprint density at radius 2 is 1.71 bits per heavy atom. The highest BCUT2D eigenvalue weighted by molar-refractivity contribution is 5.62. The van der Waals surface area contributed by atoms with Gasteiger partial charge in [-0.05, 0) is 23.8 Å². The molecule has 0 N–H and O–H groups in total. The zero-order valence-corrected chi connectivity index (χ0v) is 7.17. The number of rotatable bonds is 1. The average molecular weight is 190 g/mol. The smallest absolute Gasteiger partial charge is 0.126 e. The van der Waals surface area contributed by atoms with Crippen LogP contribution in [0.4, 0.5) is 8.78 Å². The fraction of sp³-hybridized carbons (Fsp3) is 0. The van der Waals surface area contributed by atoms with Crippen molar-refractivity contribution in [2.45, 2.75) is 0 Å². The van der Waals surface area contributed by atoms with Crippen LogP contribution in [0.15, 0.2) is 36.5 Å². The summed E-state index contributed by atoms with van der Waals surface area (Å²) in [4.78, 5) is 3.75. The highest BCUT2D eigenvalue weighted by Crippen LogP contribution is 2.19. The SMILES string of the molecule is Fc1cc(F)cc(-c2cc[c]nc2)c1. The molecule has 2 rings (SSSR count). The van der Waals surface area contributed by atoms with Gasteiger partial charge in [0.2, 0.25) is 0 Å². The van der Waals surface area contributed by atoms with Gasteiger partial charge in [-0.25, -0.2) is 8.78 Å². The molecule has 1 aromatic heterocycles. The lowest BCUT2D eigenvalue weighted by Gasteiger charge is -2.00. The molecule has 2 aromatic rings. The predicted octanol–water partition coefficient (Wildman–Crippen LogP) is 2.83. The second-order valence-electron chi connectivity index (χ2n) is 2.83. The summed E-state index contributed by atoms with van der Waals surface area (Å²) in [5.41, 5.74) is 1.14. The van der Waals surface area contributed by atoms with Crippen molar-refractivity contribution in [3.63, 3.8) is 0 Å². The van der Waals surface area contributed by atoms with Crippen LogP contribution in [-0.2, 0) is 0 Å². The van der Waals surface area contributed by atoms with Crippen LogP contribution in [-0.4, -0.2) is 4.98 Å². The molecule has 3 heteroatoms. The van der Waals surface area contributed by atoms with Crippen molar-refractivity contribution >= 4 is 0 Å². The van der Waals surface area contributed by atoms with E-state index in [2.05, 4.69) is 11.2 Å². The van der Waals surface area contributed by atoms with Crippen LogP contribution in [0.3, 0.4) is 0 Å². The Balaban J connectivity index is 2.52. The molecule has 1 heterocycles. The summed E-state index contributed by atoms with van der Waals surface area (Å²) in [6, 6.07) is 6.66. The molecular formula is C11H6F2N. The largest absolute Gasteiger partial charge is 0.254 e. The molecule has 0 unspecified atom stereocenters. The predicted molar refractivity (Wildman–Crippen MR) is 48.4 cm³/mol. The zero-order chi connectivity index (χ0) is 9.97. The van der Waals surface area contributed by atoms with Crippen LogP contribution in [0, 0.1) is 17.8 Å². The number of hydrogen-bond acceptors (Lipinski definition) is 1. The number of hydrogen-bond donors (Lipinski definition) is 0. The molecule has 0 amide bonds. The van der Waals surface area contributed by atoms with Crippen LogP contribution < -0.4 is 0 Å². The highest BCUT2D eigenvalue weighted by Gasteiger charge is 2.02. The molecule has 1 nitrogen and oxygen atoms in total. The topological polar surface area (TPSA) is 12.9 Å². The van der Waals surface area contributed by atoms with Gasteiger partial charge in [0.25, 0.3) is 0 Å². The molecule has 1 radical (unpaired) electrons. The molecule has 0 spiro atoms. The van der Waals surface area contributed by atoms with Crippen molar-refractivity contribution in [1.29, 1.82) is 0 Å². The quantitative estimate of drug-likeness (QED) is 0.673. The van der Waals surface area contributed by atoms with Crippen molar-refractivity contribution in [3.05, 3.63) is 54.4 Å². The maximum Gasteiger partial charge on any atom is 0.126 e. The molecule has 0 aliphatic carbocycles. The lowest BCUT2D eigenvalue weighted by atomic mass is 10.1. The molecule has 69 valence electrons. The summed E-state index contributed by atoms with van der Waals surface area (Å²) in [7, 11) is 0. The normalized spacial score (nSPS) is 10.1. The first-order chi connectivity index (χ1) is 6.75. The zero-order valence-electron chi connectivity index (χ0n) is 7.17. The third kappa shape index (κ3) is 1.76. The number of benzene rings is 1. The summed E-state index contributed by atoms with van der Waals surface area (Å²) >= 11 is 0. The Hall–Kier alpha value is -1.77. The molecule has 0 bridgehead atoms. The molecule has 0 aliphatic rings. The van der Waals surface area contributed by atoms with Crippen LogP contribution >= 0.6 is 0 Å². The van der Waals surface area contributed by atoms with Gasteiger partial charge in [0.1, 0.15) is 11.6 Å². The minimum Gasteiger partial charge on any atom is -0.254 e. The van der Waals surface area contributed by atoms with Crippen LogP contribution in [0.1, 0.15) is 0 Å². The van der Waals surface area contributed by atoms with E-state index < -0.39 is 11.6 Å². The first-order valence-corrected chi connectivity index (χ1v) is 4.04. The van der Waals surface area contributed by atoms with Gasteiger partial charge in [-0.2, -0.15) is 0 Å². The van der Waals surface area contributed by atoms with Crippen molar-refractivity contribution in [3.8, 4) is 11.1 Å².